The van der Waals surface area contributed by atoms with Gasteiger partial charge in [-0.25, -0.2) is 0 Å². The molecule has 1 amide bonds. The molecule has 0 aromatic heterocycles. The SMILES string of the molecule is COc1ccc(C(=O)NCc2ccc(C#N)cc2)cc1Br. The van der Waals surface area contributed by atoms with Gasteiger partial charge in [-0.1, -0.05) is 12.1 Å². The molecule has 0 aliphatic carbocycles. The average Bonchev–Trinajstić information content (AvgIpc) is 2.53. The fraction of sp³-hybridized carbons (Fsp3) is 0.125. The Bertz CT molecular complexity index is 690. The highest BCUT2D eigenvalue weighted by Crippen LogP contribution is 2.25. The van der Waals surface area contributed by atoms with Crippen molar-refractivity contribution in [2.24, 2.45) is 0 Å². The lowest BCUT2D eigenvalue weighted by atomic mass is 10.1. The topological polar surface area (TPSA) is 62.1 Å². The quantitative estimate of drug-likeness (QED) is 0.925. The van der Waals surface area contributed by atoms with Crippen molar-refractivity contribution >= 4 is 21.8 Å². The van der Waals surface area contributed by atoms with E-state index in [1.54, 1.807) is 37.4 Å². The van der Waals surface area contributed by atoms with Crippen LogP contribution in [0.4, 0.5) is 0 Å². The van der Waals surface area contributed by atoms with Crippen LogP contribution in [0.15, 0.2) is 46.9 Å². The van der Waals surface area contributed by atoms with E-state index < -0.39 is 0 Å². The van der Waals surface area contributed by atoms with Crippen molar-refractivity contribution in [1.29, 1.82) is 5.26 Å². The summed E-state index contributed by atoms with van der Waals surface area (Å²) in [6.07, 6.45) is 0. The Kier molecular flexibility index (Phi) is 4.96. The summed E-state index contributed by atoms with van der Waals surface area (Å²) in [6.45, 7) is 0.411. The van der Waals surface area contributed by atoms with Gasteiger partial charge < -0.3 is 10.1 Å². The molecule has 5 heteroatoms. The molecular formula is C16H13BrN2O2. The van der Waals surface area contributed by atoms with Gasteiger partial charge in [0.2, 0.25) is 0 Å². The average molecular weight is 345 g/mol. The molecular weight excluding hydrogens is 332 g/mol. The number of halogens is 1. The molecule has 0 unspecified atom stereocenters. The number of benzene rings is 2. The third kappa shape index (κ3) is 3.83. The normalized spacial score (nSPS) is 9.76. The summed E-state index contributed by atoms with van der Waals surface area (Å²) >= 11 is 3.35. The van der Waals surface area contributed by atoms with E-state index in [0.717, 1.165) is 10.0 Å². The highest BCUT2D eigenvalue weighted by Gasteiger charge is 2.08. The van der Waals surface area contributed by atoms with Crippen molar-refractivity contribution in [3.8, 4) is 11.8 Å². The number of hydrogen-bond acceptors (Lipinski definition) is 3. The second-order valence-corrected chi connectivity index (χ2v) is 5.20. The second kappa shape index (κ2) is 6.91. The number of rotatable bonds is 4. The fourth-order valence-electron chi connectivity index (χ4n) is 1.79. The smallest absolute Gasteiger partial charge is 0.251 e. The van der Waals surface area contributed by atoms with E-state index in [-0.39, 0.29) is 5.91 Å². The molecule has 21 heavy (non-hydrogen) atoms. The van der Waals surface area contributed by atoms with E-state index in [1.807, 2.05) is 12.1 Å². The molecule has 0 spiro atoms. The molecule has 0 radical (unpaired) electrons. The third-order valence-electron chi connectivity index (χ3n) is 2.95. The predicted molar refractivity (Wildman–Crippen MR) is 83.0 cm³/mol. The summed E-state index contributed by atoms with van der Waals surface area (Å²) in [4.78, 5) is 12.1. The van der Waals surface area contributed by atoms with Crippen LogP contribution in [0.2, 0.25) is 0 Å². The summed E-state index contributed by atoms with van der Waals surface area (Å²) in [5.74, 6) is 0.515. The van der Waals surface area contributed by atoms with Gasteiger partial charge in [0.15, 0.2) is 0 Å². The molecule has 2 aromatic rings. The Hall–Kier alpha value is -2.32. The van der Waals surface area contributed by atoms with Crippen molar-refractivity contribution in [2.75, 3.05) is 7.11 Å². The highest BCUT2D eigenvalue weighted by molar-refractivity contribution is 9.10. The van der Waals surface area contributed by atoms with Gasteiger partial charge in [0, 0.05) is 12.1 Å². The van der Waals surface area contributed by atoms with Gasteiger partial charge in [-0.3, -0.25) is 4.79 Å². The lowest BCUT2D eigenvalue weighted by Gasteiger charge is -2.08. The number of hydrogen-bond donors (Lipinski definition) is 1. The summed E-state index contributed by atoms with van der Waals surface area (Å²) in [5, 5.41) is 11.6. The maximum absolute atomic E-state index is 12.1. The van der Waals surface area contributed by atoms with Crippen LogP contribution in [0, 0.1) is 11.3 Å². The maximum atomic E-state index is 12.1. The predicted octanol–water partition coefficient (Wildman–Crippen LogP) is 3.26. The van der Waals surface area contributed by atoms with E-state index in [0.29, 0.717) is 23.4 Å². The number of methoxy groups -OCH3 is 1. The van der Waals surface area contributed by atoms with Crippen molar-refractivity contribution < 1.29 is 9.53 Å². The zero-order valence-corrected chi connectivity index (χ0v) is 13.0. The van der Waals surface area contributed by atoms with Crippen LogP contribution in [0.1, 0.15) is 21.5 Å². The van der Waals surface area contributed by atoms with E-state index in [1.165, 1.54) is 0 Å². The molecule has 4 nitrogen and oxygen atoms in total. The first kappa shape index (κ1) is 15.1. The Morgan fingerprint density at radius 1 is 1.29 bits per heavy atom. The number of nitrogens with one attached hydrogen (secondary N) is 1. The van der Waals surface area contributed by atoms with Crippen molar-refractivity contribution in [1.82, 2.24) is 5.32 Å². The van der Waals surface area contributed by atoms with Crippen LogP contribution in [0.25, 0.3) is 0 Å². The Morgan fingerprint density at radius 2 is 2.00 bits per heavy atom. The molecule has 0 heterocycles. The molecule has 0 aliphatic rings. The number of carbonyl (C=O) groups excluding carboxylic acids is 1. The number of ether oxygens (including phenoxy) is 1. The zero-order chi connectivity index (χ0) is 15.2. The van der Waals surface area contributed by atoms with Crippen LogP contribution in [-0.4, -0.2) is 13.0 Å². The molecule has 2 aromatic carbocycles. The Morgan fingerprint density at radius 3 is 2.57 bits per heavy atom. The van der Waals surface area contributed by atoms with E-state index in [4.69, 9.17) is 10.00 Å². The summed E-state index contributed by atoms with van der Waals surface area (Å²) < 4.78 is 5.86. The van der Waals surface area contributed by atoms with Crippen LogP contribution in [-0.2, 0) is 6.54 Å². The number of carbonyl (C=O) groups is 1. The van der Waals surface area contributed by atoms with Gasteiger partial charge in [-0.05, 0) is 51.8 Å². The highest BCUT2D eigenvalue weighted by atomic mass is 79.9. The van der Waals surface area contributed by atoms with E-state index in [9.17, 15) is 4.79 Å². The summed E-state index contributed by atoms with van der Waals surface area (Å²) in [5.41, 5.74) is 2.09. The Labute approximate surface area is 131 Å². The third-order valence-corrected chi connectivity index (χ3v) is 3.57. The van der Waals surface area contributed by atoms with Crippen LogP contribution in [0.5, 0.6) is 5.75 Å². The number of amides is 1. The molecule has 0 atom stereocenters. The van der Waals surface area contributed by atoms with Crippen molar-refractivity contribution in [2.45, 2.75) is 6.54 Å². The van der Waals surface area contributed by atoms with Crippen LogP contribution in [0.3, 0.4) is 0 Å². The standard InChI is InChI=1S/C16H13BrN2O2/c1-21-15-7-6-13(8-14(15)17)16(20)19-10-12-4-2-11(9-18)3-5-12/h2-8H,10H2,1H3,(H,19,20). The molecule has 0 bridgehead atoms. The van der Waals surface area contributed by atoms with Crippen LogP contribution >= 0.6 is 15.9 Å². The molecule has 0 aliphatic heterocycles. The molecule has 0 saturated heterocycles. The van der Waals surface area contributed by atoms with Gasteiger partial charge in [0.05, 0.1) is 23.2 Å². The number of nitrogens with zero attached hydrogens (tertiary/aromatic N) is 1. The van der Waals surface area contributed by atoms with E-state index >= 15 is 0 Å². The van der Waals surface area contributed by atoms with Gasteiger partial charge in [-0.2, -0.15) is 5.26 Å². The first-order chi connectivity index (χ1) is 10.1. The lowest BCUT2D eigenvalue weighted by Crippen LogP contribution is -2.22. The van der Waals surface area contributed by atoms with Crippen molar-refractivity contribution in [3.63, 3.8) is 0 Å². The minimum Gasteiger partial charge on any atom is -0.496 e. The molecule has 0 saturated carbocycles. The van der Waals surface area contributed by atoms with E-state index in [2.05, 4.69) is 27.3 Å². The minimum atomic E-state index is -0.164. The van der Waals surface area contributed by atoms with Crippen LogP contribution < -0.4 is 10.1 Å². The van der Waals surface area contributed by atoms with Gasteiger partial charge >= 0.3 is 0 Å². The zero-order valence-electron chi connectivity index (χ0n) is 11.4. The first-order valence-electron chi connectivity index (χ1n) is 6.25. The maximum Gasteiger partial charge on any atom is 0.251 e. The molecule has 2 rings (SSSR count). The van der Waals surface area contributed by atoms with Crippen molar-refractivity contribution in [3.05, 3.63) is 63.6 Å². The summed E-state index contributed by atoms with van der Waals surface area (Å²) in [6, 6.07) is 14.3. The molecule has 0 fully saturated rings. The van der Waals surface area contributed by atoms with Gasteiger partial charge in [-0.15, -0.1) is 0 Å². The minimum absolute atomic E-state index is 0.164. The first-order valence-corrected chi connectivity index (χ1v) is 7.04. The van der Waals surface area contributed by atoms with Gasteiger partial charge in [0.1, 0.15) is 5.75 Å². The second-order valence-electron chi connectivity index (χ2n) is 4.34. The number of nitriles is 1. The largest absolute Gasteiger partial charge is 0.496 e. The monoisotopic (exact) mass is 344 g/mol. The molecule has 106 valence electrons. The molecule has 1 N–H and O–H groups in total. The fourth-order valence-corrected chi connectivity index (χ4v) is 2.33. The summed E-state index contributed by atoms with van der Waals surface area (Å²) in [7, 11) is 1.57. The van der Waals surface area contributed by atoms with Gasteiger partial charge in [0.25, 0.3) is 5.91 Å². The lowest BCUT2D eigenvalue weighted by molar-refractivity contribution is 0.0951. The Balaban J connectivity index is 2.01.